The van der Waals surface area contributed by atoms with E-state index in [0.717, 1.165) is 0 Å². The number of benzene rings is 1. The average Bonchev–Trinajstić information content (AvgIpc) is 2.23. The predicted molar refractivity (Wildman–Crippen MR) is 66.4 cm³/mol. The first-order valence-corrected chi connectivity index (χ1v) is 5.30. The zero-order valence-corrected chi connectivity index (χ0v) is 10.5. The van der Waals surface area contributed by atoms with Gasteiger partial charge >= 0.3 is 6.03 Å². The van der Waals surface area contributed by atoms with Gasteiger partial charge in [-0.25, -0.2) is 10.2 Å². The summed E-state index contributed by atoms with van der Waals surface area (Å²) in [5, 5.41) is 4.61. The Bertz CT molecular complexity index is 460. The summed E-state index contributed by atoms with van der Waals surface area (Å²) in [5.41, 5.74) is 8.02. The maximum absolute atomic E-state index is 10.5. The van der Waals surface area contributed by atoms with Crippen LogP contribution in [-0.4, -0.2) is 11.7 Å². The second-order valence-corrected chi connectivity index (χ2v) is 4.06. The third kappa shape index (κ3) is 3.01. The lowest BCUT2D eigenvalue weighted by Gasteiger charge is -2.06. The standard InChI is InChI=1S/C9H8Cl3N3O/c1-4(14-15-9(13)16)5-2-3-6(10)8(12)7(5)11/h2-3H,1H3,(H3,13,15,16). The van der Waals surface area contributed by atoms with Crippen molar-refractivity contribution in [2.45, 2.75) is 6.92 Å². The van der Waals surface area contributed by atoms with E-state index in [1.165, 1.54) is 0 Å². The maximum Gasteiger partial charge on any atom is 0.332 e. The first-order chi connectivity index (χ1) is 7.43. The summed E-state index contributed by atoms with van der Waals surface area (Å²) in [6.07, 6.45) is 0. The highest BCUT2D eigenvalue weighted by molar-refractivity contribution is 6.49. The quantitative estimate of drug-likeness (QED) is 0.488. The molecule has 0 aliphatic heterocycles. The summed E-state index contributed by atoms with van der Waals surface area (Å²) in [4.78, 5) is 10.5. The van der Waals surface area contributed by atoms with E-state index in [-0.39, 0.29) is 10.0 Å². The molecule has 0 aromatic heterocycles. The van der Waals surface area contributed by atoms with E-state index in [9.17, 15) is 4.79 Å². The zero-order chi connectivity index (χ0) is 12.3. The Kier molecular flexibility index (Phi) is 4.41. The summed E-state index contributed by atoms with van der Waals surface area (Å²) >= 11 is 17.6. The topological polar surface area (TPSA) is 67.5 Å². The van der Waals surface area contributed by atoms with Crippen LogP contribution in [0.5, 0.6) is 0 Å². The van der Waals surface area contributed by atoms with Gasteiger partial charge in [-0.1, -0.05) is 40.9 Å². The van der Waals surface area contributed by atoms with E-state index in [4.69, 9.17) is 40.5 Å². The average molecular weight is 281 g/mol. The summed E-state index contributed by atoms with van der Waals surface area (Å²) in [6, 6.07) is 2.49. The number of nitrogens with zero attached hydrogens (tertiary/aromatic N) is 1. The minimum Gasteiger partial charge on any atom is -0.350 e. The van der Waals surface area contributed by atoms with Crippen LogP contribution in [0.25, 0.3) is 0 Å². The molecule has 16 heavy (non-hydrogen) atoms. The van der Waals surface area contributed by atoms with E-state index in [1.54, 1.807) is 19.1 Å². The van der Waals surface area contributed by atoms with Gasteiger partial charge in [-0.2, -0.15) is 5.10 Å². The van der Waals surface area contributed by atoms with Crippen LogP contribution in [0, 0.1) is 0 Å². The van der Waals surface area contributed by atoms with Gasteiger partial charge in [-0.3, -0.25) is 0 Å². The SMILES string of the molecule is CC(=NNC(N)=O)c1ccc(Cl)c(Cl)c1Cl. The van der Waals surface area contributed by atoms with Crippen LogP contribution in [0.4, 0.5) is 4.79 Å². The Morgan fingerprint density at radius 2 is 1.94 bits per heavy atom. The second-order valence-electron chi connectivity index (χ2n) is 2.90. The molecule has 0 bridgehead atoms. The second kappa shape index (κ2) is 5.39. The van der Waals surface area contributed by atoms with Crippen LogP contribution >= 0.6 is 34.8 Å². The minimum absolute atomic E-state index is 0.245. The highest BCUT2D eigenvalue weighted by Gasteiger charge is 2.10. The third-order valence-electron chi connectivity index (χ3n) is 1.76. The molecule has 2 amide bonds. The van der Waals surface area contributed by atoms with E-state index in [2.05, 4.69) is 10.5 Å². The van der Waals surface area contributed by atoms with Gasteiger partial charge < -0.3 is 5.73 Å². The molecule has 1 aromatic rings. The number of primary amides is 1. The molecule has 0 heterocycles. The molecule has 0 atom stereocenters. The normalized spacial score (nSPS) is 11.4. The first kappa shape index (κ1) is 13.1. The minimum atomic E-state index is -0.754. The van der Waals surface area contributed by atoms with Crippen molar-refractivity contribution < 1.29 is 4.79 Å². The van der Waals surface area contributed by atoms with Gasteiger partial charge in [0.05, 0.1) is 20.8 Å². The lowest BCUT2D eigenvalue weighted by Crippen LogP contribution is -2.25. The lowest BCUT2D eigenvalue weighted by atomic mass is 10.1. The van der Waals surface area contributed by atoms with Crippen LogP contribution in [0.2, 0.25) is 15.1 Å². The molecular formula is C9H8Cl3N3O. The monoisotopic (exact) mass is 279 g/mol. The van der Waals surface area contributed by atoms with Crippen molar-refractivity contribution in [1.82, 2.24) is 5.43 Å². The van der Waals surface area contributed by atoms with Gasteiger partial charge in [0.15, 0.2) is 0 Å². The molecule has 0 aliphatic rings. The van der Waals surface area contributed by atoms with Gasteiger partial charge in [0, 0.05) is 5.56 Å². The van der Waals surface area contributed by atoms with E-state index < -0.39 is 6.03 Å². The van der Waals surface area contributed by atoms with Gasteiger partial charge in [0.1, 0.15) is 0 Å². The molecule has 4 nitrogen and oxygen atoms in total. The van der Waals surface area contributed by atoms with Crippen LogP contribution in [-0.2, 0) is 0 Å². The fraction of sp³-hybridized carbons (Fsp3) is 0.111. The maximum atomic E-state index is 10.5. The number of amides is 2. The molecule has 7 heteroatoms. The highest BCUT2D eigenvalue weighted by atomic mass is 35.5. The molecule has 0 spiro atoms. The molecule has 0 saturated carbocycles. The number of carbonyl (C=O) groups is 1. The van der Waals surface area contributed by atoms with Gasteiger partial charge in [0.25, 0.3) is 0 Å². The number of carbonyl (C=O) groups excluding carboxylic acids is 1. The van der Waals surface area contributed by atoms with E-state index in [0.29, 0.717) is 16.3 Å². The Hall–Kier alpha value is -0.970. The van der Waals surface area contributed by atoms with Crippen molar-refractivity contribution in [3.63, 3.8) is 0 Å². The van der Waals surface area contributed by atoms with Crippen molar-refractivity contribution in [2.75, 3.05) is 0 Å². The van der Waals surface area contributed by atoms with Crippen LogP contribution in [0.15, 0.2) is 17.2 Å². The number of hydrogen-bond acceptors (Lipinski definition) is 2. The molecule has 0 aliphatic carbocycles. The van der Waals surface area contributed by atoms with Crippen LogP contribution < -0.4 is 11.2 Å². The fourth-order valence-corrected chi connectivity index (χ4v) is 1.68. The highest BCUT2D eigenvalue weighted by Crippen LogP contribution is 2.32. The number of nitrogens with two attached hydrogens (primary N) is 1. The molecule has 1 rings (SSSR count). The number of hydrazone groups is 1. The summed E-state index contributed by atoms with van der Waals surface area (Å²) in [6.45, 7) is 1.65. The summed E-state index contributed by atoms with van der Waals surface area (Å²) < 4.78 is 0. The number of rotatable bonds is 2. The number of nitrogens with one attached hydrogen (secondary N) is 1. The molecule has 86 valence electrons. The molecule has 3 N–H and O–H groups in total. The summed E-state index contributed by atoms with van der Waals surface area (Å²) in [5.74, 6) is 0. The Labute approximate surface area is 107 Å². The fourth-order valence-electron chi connectivity index (χ4n) is 1.00. The van der Waals surface area contributed by atoms with Crippen molar-refractivity contribution in [3.05, 3.63) is 32.8 Å². The van der Waals surface area contributed by atoms with Crippen LogP contribution in [0.1, 0.15) is 12.5 Å². The molecule has 1 aromatic carbocycles. The first-order valence-electron chi connectivity index (χ1n) is 4.17. The number of halogens is 3. The van der Waals surface area contributed by atoms with Crippen molar-refractivity contribution in [1.29, 1.82) is 0 Å². The lowest BCUT2D eigenvalue weighted by molar-refractivity contribution is 0.249. The van der Waals surface area contributed by atoms with Crippen molar-refractivity contribution in [3.8, 4) is 0 Å². The zero-order valence-electron chi connectivity index (χ0n) is 8.22. The molecular weight excluding hydrogens is 272 g/mol. The van der Waals surface area contributed by atoms with Crippen LogP contribution in [0.3, 0.4) is 0 Å². The van der Waals surface area contributed by atoms with Crippen molar-refractivity contribution in [2.24, 2.45) is 10.8 Å². The molecule has 0 radical (unpaired) electrons. The van der Waals surface area contributed by atoms with E-state index >= 15 is 0 Å². The third-order valence-corrected chi connectivity index (χ3v) is 3.05. The smallest absolute Gasteiger partial charge is 0.332 e. The Morgan fingerprint density at radius 3 is 2.50 bits per heavy atom. The molecule has 0 saturated heterocycles. The van der Waals surface area contributed by atoms with E-state index in [1.807, 2.05) is 0 Å². The van der Waals surface area contributed by atoms with Gasteiger partial charge in [0.2, 0.25) is 0 Å². The largest absolute Gasteiger partial charge is 0.350 e. The predicted octanol–water partition coefficient (Wildman–Crippen LogP) is 3.04. The molecule has 0 fully saturated rings. The summed E-state index contributed by atoms with van der Waals surface area (Å²) in [7, 11) is 0. The number of hydrogen-bond donors (Lipinski definition) is 2. The van der Waals surface area contributed by atoms with Crippen molar-refractivity contribution >= 4 is 46.5 Å². The van der Waals surface area contributed by atoms with Gasteiger partial charge in [-0.05, 0) is 13.0 Å². The van der Waals surface area contributed by atoms with Gasteiger partial charge in [-0.15, -0.1) is 0 Å². The Morgan fingerprint density at radius 1 is 1.31 bits per heavy atom. The number of urea groups is 1. The Balaban J connectivity index is 3.10. The molecule has 0 unspecified atom stereocenters.